The molecule has 0 spiro atoms. The molecule has 0 aliphatic heterocycles. The lowest BCUT2D eigenvalue weighted by Gasteiger charge is -2.10. The summed E-state index contributed by atoms with van der Waals surface area (Å²) in [6.45, 7) is 3.05. The van der Waals surface area contributed by atoms with Crippen molar-refractivity contribution in [3.8, 4) is 5.75 Å². The molecule has 100 valence electrons. The van der Waals surface area contributed by atoms with E-state index < -0.39 is 0 Å². The summed E-state index contributed by atoms with van der Waals surface area (Å²) in [6, 6.07) is 11.9. The van der Waals surface area contributed by atoms with E-state index in [1.165, 1.54) is 12.1 Å². The summed E-state index contributed by atoms with van der Waals surface area (Å²) in [6.07, 6.45) is 0. The van der Waals surface area contributed by atoms with Crippen LogP contribution in [-0.4, -0.2) is 13.2 Å². The highest BCUT2D eigenvalue weighted by atomic mass is 35.5. The van der Waals surface area contributed by atoms with E-state index in [1.807, 2.05) is 25.1 Å². The summed E-state index contributed by atoms with van der Waals surface area (Å²) < 4.78 is 18.6. The van der Waals surface area contributed by atoms with Gasteiger partial charge in [0.2, 0.25) is 0 Å². The van der Waals surface area contributed by atoms with Gasteiger partial charge in [-0.15, -0.1) is 0 Å². The quantitative estimate of drug-likeness (QED) is 0.825. The van der Waals surface area contributed by atoms with Crippen LogP contribution in [0.2, 0.25) is 5.02 Å². The fourth-order valence-electron chi connectivity index (χ4n) is 1.73. The average molecular weight is 280 g/mol. The SMILES string of the molecule is Cc1cc(Cl)ccc1OCCNc1cccc(F)c1. The smallest absolute Gasteiger partial charge is 0.125 e. The van der Waals surface area contributed by atoms with Gasteiger partial charge in [0.15, 0.2) is 0 Å². The molecule has 0 radical (unpaired) electrons. The molecule has 2 rings (SSSR count). The minimum absolute atomic E-state index is 0.250. The molecule has 0 unspecified atom stereocenters. The van der Waals surface area contributed by atoms with Crippen molar-refractivity contribution in [3.63, 3.8) is 0 Å². The van der Waals surface area contributed by atoms with Gasteiger partial charge in [0.25, 0.3) is 0 Å². The van der Waals surface area contributed by atoms with Crippen molar-refractivity contribution in [2.24, 2.45) is 0 Å². The molecule has 0 amide bonds. The van der Waals surface area contributed by atoms with Crippen LogP contribution in [0.1, 0.15) is 5.56 Å². The second-order valence-corrected chi connectivity index (χ2v) is 4.63. The molecule has 0 aliphatic carbocycles. The molecule has 2 nitrogen and oxygen atoms in total. The number of halogens is 2. The Balaban J connectivity index is 1.81. The van der Waals surface area contributed by atoms with Gasteiger partial charge in [0.1, 0.15) is 18.2 Å². The van der Waals surface area contributed by atoms with Gasteiger partial charge >= 0.3 is 0 Å². The van der Waals surface area contributed by atoms with Crippen molar-refractivity contribution in [2.75, 3.05) is 18.5 Å². The topological polar surface area (TPSA) is 21.3 Å². The molecular formula is C15H15ClFNO. The van der Waals surface area contributed by atoms with E-state index >= 15 is 0 Å². The van der Waals surface area contributed by atoms with Crippen molar-refractivity contribution >= 4 is 17.3 Å². The van der Waals surface area contributed by atoms with Gasteiger partial charge in [0, 0.05) is 17.3 Å². The van der Waals surface area contributed by atoms with Crippen LogP contribution in [0.5, 0.6) is 5.75 Å². The van der Waals surface area contributed by atoms with E-state index in [1.54, 1.807) is 12.1 Å². The van der Waals surface area contributed by atoms with Gasteiger partial charge in [-0.2, -0.15) is 0 Å². The highest BCUT2D eigenvalue weighted by Gasteiger charge is 2.00. The first kappa shape index (κ1) is 13.7. The summed E-state index contributed by atoms with van der Waals surface area (Å²) in [5, 5.41) is 3.79. The number of benzene rings is 2. The van der Waals surface area contributed by atoms with Crippen molar-refractivity contribution < 1.29 is 9.13 Å². The molecule has 1 N–H and O–H groups in total. The molecule has 0 bridgehead atoms. The standard InChI is InChI=1S/C15H15ClFNO/c1-11-9-12(16)5-6-15(11)19-8-7-18-14-4-2-3-13(17)10-14/h2-6,9-10,18H,7-8H2,1H3. The van der Waals surface area contributed by atoms with Crippen LogP contribution in [0.15, 0.2) is 42.5 Å². The zero-order valence-corrected chi connectivity index (χ0v) is 11.4. The zero-order valence-electron chi connectivity index (χ0n) is 10.6. The van der Waals surface area contributed by atoms with Crippen LogP contribution in [0.3, 0.4) is 0 Å². The van der Waals surface area contributed by atoms with Gasteiger partial charge in [0.05, 0.1) is 0 Å². The van der Waals surface area contributed by atoms with Crippen molar-refractivity contribution in [3.05, 3.63) is 58.9 Å². The van der Waals surface area contributed by atoms with E-state index in [-0.39, 0.29) is 5.82 Å². The lowest BCUT2D eigenvalue weighted by atomic mass is 10.2. The van der Waals surface area contributed by atoms with Gasteiger partial charge in [-0.3, -0.25) is 0 Å². The molecule has 0 atom stereocenters. The first-order valence-corrected chi connectivity index (χ1v) is 6.41. The van der Waals surface area contributed by atoms with Crippen LogP contribution in [0.4, 0.5) is 10.1 Å². The molecule has 0 saturated carbocycles. The largest absolute Gasteiger partial charge is 0.491 e. The Morgan fingerprint density at radius 3 is 2.79 bits per heavy atom. The molecule has 2 aromatic carbocycles. The highest BCUT2D eigenvalue weighted by Crippen LogP contribution is 2.21. The summed E-state index contributed by atoms with van der Waals surface area (Å²) in [7, 11) is 0. The van der Waals surface area contributed by atoms with Crippen molar-refractivity contribution in [2.45, 2.75) is 6.92 Å². The third kappa shape index (κ3) is 4.14. The average Bonchev–Trinajstić information content (AvgIpc) is 2.37. The monoisotopic (exact) mass is 279 g/mol. The Bertz CT molecular complexity index is 560. The Labute approximate surface area is 117 Å². The van der Waals surface area contributed by atoms with Crippen molar-refractivity contribution in [1.82, 2.24) is 0 Å². The molecule has 19 heavy (non-hydrogen) atoms. The van der Waals surface area contributed by atoms with Crippen LogP contribution >= 0.6 is 11.6 Å². The van der Waals surface area contributed by atoms with Crippen LogP contribution in [0.25, 0.3) is 0 Å². The molecular weight excluding hydrogens is 265 g/mol. The molecule has 0 saturated heterocycles. The van der Waals surface area contributed by atoms with E-state index in [0.29, 0.717) is 18.2 Å². The maximum Gasteiger partial charge on any atom is 0.125 e. The Hall–Kier alpha value is -1.74. The number of hydrogen-bond donors (Lipinski definition) is 1. The minimum atomic E-state index is -0.250. The van der Waals surface area contributed by atoms with Crippen LogP contribution in [-0.2, 0) is 0 Å². The number of anilines is 1. The summed E-state index contributed by atoms with van der Waals surface area (Å²) in [4.78, 5) is 0. The Morgan fingerprint density at radius 2 is 2.05 bits per heavy atom. The van der Waals surface area contributed by atoms with E-state index in [0.717, 1.165) is 17.0 Å². The maximum atomic E-state index is 12.9. The van der Waals surface area contributed by atoms with E-state index in [9.17, 15) is 4.39 Å². The minimum Gasteiger partial charge on any atom is -0.491 e. The van der Waals surface area contributed by atoms with Crippen LogP contribution < -0.4 is 10.1 Å². The number of aryl methyl sites for hydroxylation is 1. The van der Waals surface area contributed by atoms with E-state index in [4.69, 9.17) is 16.3 Å². The predicted molar refractivity (Wildman–Crippen MR) is 76.6 cm³/mol. The maximum absolute atomic E-state index is 12.9. The Kier molecular flexibility index (Phi) is 4.63. The summed E-state index contributed by atoms with van der Waals surface area (Å²) in [5.41, 5.74) is 1.75. The third-order valence-electron chi connectivity index (χ3n) is 2.65. The first-order valence-electron chi connectivity index (χ1n) is 6.03. The van der Waals surface area contributed by atoms with Gasteiger partial charge in [-0.05, 0) is 48.9 Å². The fraction of sp³-hybridized carbons (Fsp3) is 0.200. The molecule has 4 heteroatoms. The molecule has 0 fully saturated rings. The normalized spacial score (nSPS) is 10.3. The number of nitrogens with one attached hydrogen (secondary N) is 1. The lowest BCUT2D eigenvalue weighted by molar-refractivity contribution is 0.330. The number of rotatable bonds is 5. The lowest BCUT2D eigenvalue weighted by Crippen LogP contribution is -2.11. The molecule has 0 aromatic heterocycles. The summed E-state index contributed by atoms with van der Waals surface area (Å²) in [5.74, 6) is 0.560. The molecule has 0 aliphatic rings. The number of hydrogen-bond acceptors (Lipinski definition) is 2. The summed E-state index contributed by atoms with van der Waals surface area (Å²) >= 11 is 5.87. The van der Waals surface area contributed by atoms with Gasteiger partial charge in [-0.1, -0.05) is 17.7 Å². The van der Waals surface area contributed by atoms with Crippen LogP contribution in [0, 0.1) is 12.7 Å². The second-order valence-electron chi connectivity index (χ2n) is 4.20. The highest BCUT2D eigenvalue weighted by molar-refractivity contribution is 6.30. The molecule has 0 heterocycles. The third-order valence-corrected chi connectivity index (χ3v) is 2.89. The fourth-order valence-corrected chi connectivity index (χ4v) is 1.96. The second kappa shape index (κ2) is 6.43. The Morgan fingerprint density at radius 1 is 1.21 bits per heavy atom. The predicted octanol–water partition coefficient (Wildman–Crippen LogP) is 4.28. The van der Waals surface area contributed by atoms with Gasteiger partial charge in [-0.25, -0.2) is 4.39 Å². The molecule has 2 aromatic rings. The van der Waals surface area contributed by atoms with Gasteiger partial charge < -0.3 is 10.1 Å². The first-order chi connectivity index (χ1) is 9.15. The van der Waals surface area contributed by atoms with E-state index in [2.05, 4.69) is 5.32 Å². The number of ether oxygens (including phenoxy) is 1. The zero-order chi connectivity index (χ0) is 13.7. The van der Waals surface area contributed by atoms with Crippen molar-refractivity contribution in [1.29, 1.82) is 0 Å².